The molecule has 6 heteroatoms. The molecule has 5 rings (SSSR count). The van der Waals surface area contributed by atoms with E-state index in [-0.39, 0.29) is 11.7 Å². The summed E-state index contributed by atoms with van der Waals surface area (Å²) in [5, 5.41) is 3.78. The molecule has 0 atom stereocenters. The van der Waals surface area contributed by atoms with Gasteiger partial charge in [0.25, 0.3) is 5.91 Å². The molecule has 2 aromatic carbocycles. The number of aromatic nitrogens is 3. The van der Waals surface area contributed by atoms with Gasteiger partial charge < -0.3 is 9.88 Å². The third-order valence-electron chi connectivity index (χ3n) is 5.49. The van der Waals surface area contributed by atoms with E-state index < -0.39 is 0 Å². The van der Waals surface area contributed by atoms with Gasteiger partial charge in [0.15, 0.2) is 0 Å². The number of nitrogens with zero attached hydrogens (tertiary/aromatic N) is 3. The molecule has 1 amide bonds. The number of hydrogen-bond donors (Lipinski definition) is 1. The van der Waals surface area contributed by atoms with Crippen molar-refractivity contribution in [2.45, 2.75) is 32.4 Å². The zero-order valence-corrected chi connectivity index (χ0v) is 16.4. The van der Waals surface area contributed by atoms with E-state index in [9.17, 15) is 9.18 Å². The highest BCUT2D eigenvalue weighted by molar-refractivity contribution is 6.07. The smallest absolute Gasteiger partial charge is 0.252 e. The molecule has 150 valence electrons. The van der Waals surface area contributed by atoms with Crippen molar-refractivity contribution in [2.24, 2.45) is 0 Å². The van der Waals surface area contributed by atoms with E-state index in [2.05, 4.69) is 19.9 Å². The van der Waals surface area contributed by atoms with Crippen LogP contribution in [0.1, 0.15) is 34.7 Å². The van der Waals surface area contributed by atoms with E-state index in [1.165, 1.54) is 18.6 Å². The lowest BCUT2D eigenvalue weighted by Crippen LogP contribution is -2.23. The van der Waals surface area contributed by atoms with Crippen LogP contribution in [0.4, 0.5) is 4.39 Å². The number of fused-ring (bicyclic) bond motifs is 2. The number of rotatable bonds is 4. The van der Waals surface area contributed by atoms with Crippen LogP contribution in [0.3, 0.4) is 0 Å². The zero-order valence-electron chi connectivity index (χ0n) is 16.4. The van der Waals surface area contributed by atoms with Crippen molar-refractivity contribution < 1.29 is 9.18 Å². The molecular formula is C24H21FN4O. The summed E-state index contributed by atoms with van der Waals surface area (Å²) in [5.41, 5.74) is 3.54. The van der Waals surface area contributed by atoms with E-state index in [4.69, 9.17) is 0 Å². The highest BCUT2D eigenvalue weighted by Crippen LogP contribution is 2.25. The van der Waals surface area contributed by atoms with Gasteiger partial charge in [0, 0.05) is 30.1 Å². The maximum atomic E-state index is 13.3. The molecule has 0 saturated heterocycles. The number of halogens is 1. The Balaban J connectivity index is 1.45. The lowest BCUT2D eigenvalue weighted by atomic mass is 10.0. The van der Waals surface area contributed by atoms with E-state index in [1.807, 2.05) is 30.5 Å². The van der Waals surface area contributed by atoms with E-state index in [0.717, 1.165) is 47.4 Å². The number of carbonyl (C=O) groups is 1. The number of hydrogen-bond acceptors (Lipinski definition) is 3. The quantitative estimate of drug-likeness (QED) is 0.549. The standard InChI is InChI=1S/C24H21FN4O/c25-17-10-8-16(9-11-17)22-13-20(19-5-1-2-6-21(19)28-22)24(30)26-14-18-15-29-12-4-3-7-23(29)27-18/h1-2,5-6,8-11,13,15H,3-4,7,12,14H2,(H,26,30). The minimum absolute atomic E-state index is 0.178. The monoisotopic (exact) mass is 400 g/mol. The first-order valence-electron chi connectivity index (χ1n) is 10.2. The van der Waals surface area contributed by atoms with Crippen molar-refractivity contribution in [3.63, 3.8) is 0 Å². The molecule has 2 aromatic heterocycles. The van der Waals surface area contributed by atoms with E-state index in [1.54, 1.807) is 18.2 Å². The normalized spacial score (nSPS) is 13.2. The first-order chi connectivity index (χ1) is 14.7. The number of benzene rings is 2. The van der Waals surface area contributed by atoms with Crippen molar-refractivity contribution in [3.8, 4) is 11.3 Å². The fourth-order valence-corrected chi connectivity index (χ4v) is 3.95. The van der Waals surface area contributed by atoms with Gasteiger partial charge in [-0.2, -0.15) is 0 Å². The van der Waals surface area contributed by atoms with E-state index in [0.29, 0.717) is 17.8 Å². The molecule has 0 radical (unpaired) electrons. The third-order valence-corrected chi connectivity index (χ3v) is 5.49. The highest BCUT2D eigenvalue weighted by atomic mass is 19.1. The minimum atomic E-state index is -0.305. The van der Waals surface area contributed by atoms with E-state index >= 15 is 0 Å². The van der Waals surface area contributed by atoms with Crippen LogP contribution in [0.2, 0.25) is 0 Å². The Morgan fingerprint density at radius 1 is 1.07 bits per heavy atom. The van der Waals surface area contributed by atoms with Crippen LogP contribution < -0.4 is 5.32 Å². The van der Waals surface area contributed by atoms with Gasteiger partial charge in [-0.25, -0.2) is 14.4 Å². The summed E-state index contributed by atoms with van der Waals surface area (Å²) in [6.07, 6.45) is 5.36. The molecule has 0 saturated carbocycles. The summed E-state index contributed by atoms with van der Waals surface area (Å²) in [6, 6.07) is 15.4. The molecule has 0 spiro atoms. The number of carbonyl (C=O) groups excluding carboxylic acids is 1. The molecule has 0 aliphatic carbocycles. The van der Waals surface area contributed by atoms with Gasteiger partial charge in [0.1, 0.15) is 11.6 Å². The SMILES string of the molecule is O=C(NCc1cn2c(n1)CCCC2)c1cc(-c2ccc(F)cc2)nc2ccccc12. The van der Waals surface area contributed by atoms with Gasteiger partial charge in [-0.1, -0.05) is 18.2 Å². The number of imidazole rings is 1. The Hall–Kier alpha value is -3.54. The van der Waals surface area contributed by atoms with Crippen molar-refractivity contribution in [2.75, 3.05) is 0 Å². The average molecular weight is 400 g/mol. The third kappa shape index (κ3) is 3.56. The lowest BCUT2D eigenvalue weighted by molar-refractivity contribution is 0.0952. The average Bonchev–Trinajstić information content (AvgIpc) is 3.20. The van der Waals surface area contributed by atoms with Crippen molar-refractivity contribution >= 4 is 16.8 Å². The van der Waals surface area contributed by atoms with Gasteiger partial charge in [0.2, 0.25) is 0 Å². The maximum absolute atomic E-state index is 13.3. The number of aryl methyl sites for hydroxylation is 2. The van der Waals surface area contributed by atoms with Crippen molar-refractivity contribution in [1.82, 2.24) is 19.9 Å². The summed E-state index contributed by atoms with van der Waals surface area (Å²) < 4.78 is 15.5. The second-order valence-electron chi connectivity index (χ2n) is 7.56. The first kappa shape index (κ1) is 18.5. The van der Waals surface area contributed by atoms with Gasteiger partial charge in [0.05, 0.1) is 29.0 Å². The summed E-state index contributed by atoms with van der Waals surface area (Å²) in [6.45, 7) is 1.37. The molecule has 1 N–H and O–H groups in total. The minimum Gasteiger partial charge on any atom is -0.346 e. The Kier molecular flexibility index (Phi) is 4.75. The molecule has 1 aliphatic rings. The largest absolute Gasteiger partial charge is 0.346 e. The highest BCUT2D eigenvalue weighted by Gasteiger charge is 2.16. The van der Waals surface area contributed by atoms with Gasteiger partial charge in [-0.3, -0.25) is 4.79 Å². The molecule has 0 bridgehead atoms. The van der Waals surface area contributed by atoms with Gasteiger partial charge in [-0.15, -0.1) is 0 Å². The molecular weight excluding hydrogens is 379 g/mol. The summed E-state index contributed by atoms with van der Waals surface area (Å²) in [4.78, 5) is 22.4. The van der Waals surface area contributed by atoms with Crippen LogP contribution in [0.15, 0.2) is 60.8 Å². The molecule has 4 aromatic rings. The Morgan fingerprint density at radius 2 is 1.90 bits per heavy atom. The zero-order chi connectivity index (χ0) is 20.5. The van der Waals surface area contributed by atoms with Gasteiger partial charge in [-0.05, 0) is 49.2 Å². The number of nitrogens with one attached hydrogen (secondary N) is 1. The second kappa shape index (κ2) is 7.71. The fourth-order valence-electron chi connectivity index (χ4n) is 3.95. The Bertz CT molecular complexity index is 1210. The van der Waals surface area contributed by atoms with Crippen LogP contribution in [-0.2, 0) is 19.5 Å². The summed E-state index contributed by atoms with van der Waals surface area (Å²) in [5.74, 6) is 0.613. The fraction of sp³-hybridized carbons (Fsp3) is 0.208. The topological polar surface area (TPSA) is 59.8 Å². The molecule has 3 heterocycles. The maximum Gasteiger partial charge on any atom is 0.252 e. The van der Waals surface area contributed by atoms with Crippen LogP contribution in [-0.4, -0.2) is 20.4 Å². The molecule has 0 fully saturated rings. The predicted molar refractivity (Wildman–Crippen MR) is 113 cm³/mol. The molecule has 5 nitrogen and oxygen atoms in total. The Labute approximate surface area is 173 Å². The van der Waals surface area contributed by atoms with Gasteiger partial charge >= 0.3 is 0 Å². The Morgan fingerprint density at radius 3 is 2.73 bits per heavy atom. The lowest BCUT2D eigenvalue weighted by Gasteiger charge is -2.11. The van der Waals surface area contributed by atoms with Crippen LogP contribution in [0, 0.1) is 5.82 Å². The molecule has 1 aliphatic heterocycles. The number of amides is 1. The van der Waals surface area contributed by atoms with Crippen LogP contribution in [0.5, 0.6) is 0 Å². The van der Waals surface area contributed by atoms with Crippen LogP contribution >= 0.6 is 0 Å². The van der Waals surface area contributed by atoms with Crippen LogP contribution in [0.25, 0.3) is 22.2 Å². The second-order valence-corrected chi connectivity index (χ2v) is 7.56. The molecule has 0 unspecified atom stereocenters. The summed E-state index contributed by atoms with van der Waals surface area (Å²) >= 11 is 0. The van der Waals surface area contributed by atoms with Crippen molar-refractivity contribution in [1.29, 1.82) is 0 Å². The molecule has 30 heavy (non-hydrogen) atoms. The number of para-hydroxylation sites is 1. The van der Waals surface area contributed by atoms with Crippen molar-refractivity contribution in [3.05, 3.63) is 83.7 Å². The summed E-state index contributed by atoms with van der Waals surface area (Å²) in [7, 11) is 0. The first-order valence-corrected chi connectivity index (χ1v) is 10.2. The number of pyridine rings is 1. The predicted octanol–water partition coefficient (Wildman–Crippen LogP) is 4.50.